The molecule has 4 rings (SSSR count). The summed E-state index contributed by atoms with van der Waals surface area (Å²) in [6, 6.07) is 14.1. The Kier molecular flexibility index (Phi) is 5.56. The average molecular weight is 411 g/mol. The molecular weight excluding hydrogens is 388 g/mol. The SMILES string of the molecule is CCN1CCN(c2ccc(Cl)cc2NC(=O)c2cc(=O)[nH]c3ccccc23)CC1. The molecule has 6 nitrogen and oxygen atoms in total. The zero-order chi connectivity index (χ0) is 20.4. The van der Waals surface area contributed by atoms with E-state index in [9.17, 15) is 9.59 Å². The Balaban J connectivity index is 1.66. The van der Waals surface area contributed by atoms with E-state index < -0.39 is 0 Å². The summed E-state index contributed by atoms with van der Waals surface area (Å²) >= 11 is 6.22. The van der Waals surface area contributed by atoms with Gasteiger partial charge in [-0.3, -0.25) is 9.59 Å². The Labute approximate surface area is 174 Å². The van der Waals surface area contributed by atoms with E-state index in [0.717, 1.165) is 38.4 Å². The van der Waals surface area contributed by atoms with Crippen LogP contribution in [-0.2, 0) is 0 Å². The lowest BCUT2D eigenvalue weighted by molar-refractivity contribution is 0.102. The van der Waals surface area contributed by atoms with E-state index in [2.05, 4.69) is 27.0 Å². The molecule has 150 valence electrons. The number of rotatable bonds is 4. The predicted molar refractivity (Wildman–Crippen MR) is 118 cm³/mol. The van der Waals surface area contributed by atoms with E-state index in [0.29, 0.717) is 27.2 Å². The van der Waals surface area contributed by atoms with Crippen molar-refractivity contribution in [2.75, 3.05) is 42.9 Å². The van der Waals surface area contributed by atoms with Crippen LogP contribution >= 0.6 is 11.6 Å². The number of aromatic amines is 1. The number of piperazine rings is 1. The lowest BCUT2D eigenvalue weighted by Gasteiger charge is -2.36. The number of aromatic nitrogens is 1. The van der Waals surface area contributed by atoms with E-state index in [-0.39, 0.29) is 11.5 Å². The first-order valence-corrected chi connectivity index (χ1v) is 10.1. The van der Waals surface area contributed by atoms with E-state index >= 15 is 0 Å². The number of amides is 1. The highest BCUT2D eigenvalue weighted by molar-refractivity contribution is 6.31. The highest BCUT2D eigenvalue weighted by atomic mass is 35.5. The highest BCUT2D eigenvalue weighted by Gasteiger charge is 2.20. The normalized spacial score (nSPS) is 14.9. The first kappa shape index (κ1) is 19.5. The largest absolute Gasteiger partial charge is 0.367 e. The molecule has 1 saturated heterocycles. The summed E-state index contributed by atoms with van der Waals surface area (Å²) in [4.78, 5) is 32.5. The van der Waals surface area contributed by atoms with Crippen LogP contribution < -0.4 is 15.8 Å². The Morgan fingerprint density at radius 2 is 1.86 bits per heavy atom. The van der Waals surface area contributed by atoms with E-state index in [1.807, 2.05) is 30.3 Å². The number of carbonyl (C=O) groups is 1. The number of hydrogen-bond acceptors (Lipinski definition) is 4. The number of fused-ring (bicyclic) bond motifs is 1. The summed E-state index contributed by atoms with van der Waals surface area (Å²) in [7, 11) is 0. The molecule has 2 aromatic carbocycles. The first-order chi connectivity index (χ1) is 14.0. The van der Waals surface area contributed by atoms with Crippen molar-refractivity contribution in [1.29, 1.82) is 0 Å². The molecule has 0 unspecified atom stereocenters. The quantitative estimate of drug-likeness (QED) is 0.689. The number of halogens is 1. The Morgan fingerprint density at radius 3 is 2.62 bits per heavy atom. The topological polar surface area (TPSA) is 68.4 Å². The van der Waals surface area contributed by atoms with Crippen LogP contribution in [0.2, 0.25) is 5.02 Å². The van der Waals surface area contributed by atoms with Gasteiger partial charge in [0.15, 0.2) is 0 Å². The number of nitrogens with one attached hydrogen (secondary N) is 2. The molecule has 1 aromatic heterocycles. The molecule has 3 aromatic rings. The molecule has 0 bridgehead atoms. The van der Waals surface area contributed by atoms with Gasteiger partial charge < -0.3 is 20.1 Å². The van der Waals surface area contributed by atoms with Crippen molar-refractivity contribution in [3.8, 4) is 0 Å². The summed E-state index contributed by atoms with van der Waals surface area (Å²) in [5, 5.41) is 4.23. The lowest BCUT2D eigenvalue weighted by Crippen LogP contribution is -2.46. The summed E-state index contributed by atoms with van der Waals surface area (Å²) in [6.07, 6.45) is 0. The van der Waals surface area contributed by atoms with Gasteiger partial charge in [0, 0.05) is 48.2 Å². The molecule has 1 fully saturated rings. The monoisotopic (exact) mass is 410 g/mol. The first-order valence-electron chi connectivity index (χ1n) is 9.75. The van der Waals surface area contributed by atoms with Crippen LogP contribution in [0.5, 0.6) is 0 Å². The van der Waals surface area contributed by atoms with Gasteiger partial charge in [-0.25, -0.2) is 0 Å². The van der Waals surface area contributed by atoms with Gasteiger partial charge in [0.2, 0.25) is 5.56 Å². The molecule has 0 spiro atoms. The third-order valence-electron chi connectivity index (χ3n) is 5.36. The summed E-state index contributed by atoms with van der Waals surface area (Å²) in [6.45, 7) is 6.91. The molecule has 0 radical (unpaired) electrons. The van der Waals surface area contributed by atoms with Crippen molar-refractivity contribution in [2.45, 2.75) is 6.92 Å². The summed E-state index contributed by atoms with van der Waals surface area (Å²) in [5.41, 5.74) is 2.25. The van der Waals surface area contributed by atoms with Crippen molar-refractivity contribution < 1.29 is 4.79 Å². The van der Waals surface area contributed by atoms with Crippen LogP contribution in [0.1, 0.15) is 17.3 Å². The fraction of sp³-hybridized carbons (Fsp3) is 0.273. The number of nitrogens with zero attached hydrogens (tertiary/aromatic N) is 2. The van der Waals surface area contributed by atoms with Crippen LogP contribution in [0.4, 0.5) is 11.4 Å². The summed E-state index contributed by atoms with van der Waals surface area (Å²) in [5.74, 6) is -0.331. The molecule has 0 atom stereocenters. The van der Waals surface area contributed by atoms with E-state index in [1.54, 1.807) is 12.1 Å². The van der Waals surface area contributed by atoms with Gasteiger partial charge in [0.1, 0.15) is 0 Å². The maximum Gasteiger partial charge on any atom is 0.256 e. The lowest BCUT2D eigenvalue weighted by atomic mass is 10.1. The van der Waals surface area contributed by atoms with Gasteiger partial charge in [0.25, 0.3) is 5.91 Å². The van der Waals surface area contributed by atoms with Gasteiger partial charge in [0.05, 0.1) is 16.9 Å². The minimum absolute atomic E-state index is 0.309. The van der Waals surface area contributed by atoms with Crippen molar-refractivity contribution in [3.05, 3.63) is 69.5 Å². The predicted octanol–water partition coefficient (Wildman–Crippen LogP) is 3.58. The standard InChI is InChI=1S/C22H23ClN4O2/c1-2-26-9-11-27(12-10-26)20-8-7-15(23)13-19(20)25-22(29)17-14-21(28)24-18-6-4-3-5-16(17)18/h3-8,13-14H,2,9-12H2,1H3,(H,24,28)(H,25,29). The Morgan fingerprint density at radius 1 is 1.10 bits per heavy atom. The van der Waals surface area contributed by atoms with Crippen molar-refractivity contribution in [2.24, 2.45) is 0 Å². The molecule has 0 saturated carbocycles. The molecule has 1 aliphatic heterocycles. The minimum Gasteiger partial charge on any atom is -0.367 e. The molecule has 29 heavy (non-hydrogen) atoms. The second-order valence-electron chi connectivity index (χ2n) is 7.13. The highest BCUT2D eigenvalue weighted by Crippen LogP contribution is 2.31. The molecule has 7 heteroatoms. The third kappa shape index (κ3) is 4.13. The zero-order valence-corrected chi connectivity index (χ0v) is 17.0. The van der Waals surface area contributed by atoms with Crippen LogP contribution in [0.15, 0.2) is 53.3 Å². The number of carbonyl (C=O) groups excluding carboxylic acids is 1. The fourth-order valence-electron chi connectivity index (χ4n) is 3.77. The van der Waals surface area contributed by atoms with Crippen LogP contribution in [0, 0.1) is 0 Å². The molecule has 1 amide bonds. The van der Waals surface area contributed by atoms with Gasteiger partial charge in [-0.2, -0.15) is 0 Å². The number of pyridine rings is 1. The van der Waals surface area contributed by atoms with Crippen LogP contribution in [-0.4, -0.2) is 48.5 Å². The van der Waals surface area contributed by atoms with E-state index in [1.165, 1.54) is 6.07 Å². The number of benzene rings is 2. The second kappa shape index (κ2) is 8.27. The number of hydrogen-bond donors (Lipinski definition) is 2. The molecule has 0 aliphatic carbocycles. The smallest absolute Gasteiger partial charge is 0.256 e. The third-order valence-corrected chi connectivity index (χ3v) is 5.60. The molecule has 1 aliphatic rings. The fourth-order valence-corrected chi connectivity index (χ4v) is 3.94. The van der Waals surface area contributed by atoms with E-state index in [4.69, 9.17) is 11.6 Å². The van der Waals surface area contributed by atoms with Crippen molar-refractivity contribution in [3.63, 3.8) is 0 Å². The maximum atomic E-state index is 13.1. The van der Waals surface area contributed by atoms with Crippen molar-refractivity contribution in [1.82, 2.24) is 9.88 Å². The Hall–Kier alpha value is -2.83. The number of para-hydroxylation sites is 1. The average Bonchev–Trinajstić information content (AvgIpc) is 2.73. The molecule has 2 heterocycles. The summed E-state index contributed by atoms with van der Waals surface area (Å²) < 4.78 is 0. The van der Waals surface area contributed by atoms with Gasteiger partial charge in [-0.1, -0.05) is 36.7 Å². The minimum atomic E-state index is -0.331. The number of anilines is 2. The maximum absolute atomic E-state index is 13.1. The van der Waals surface area contributed by atoms with Crippen LogP contribution in [0.25, 0.3) is 10.9 Å². The van der Waals surface area contributed by atoms with Gasteiger partial charge in [-0.05, 0) is 30.8 Å². The molecular formula is C22H23ClN4O2. The number of likely N-dealkylation sites (N-methyl/N-ethyl adjacent to an activating group) is 1. The van der Waals surface area contributed by atoms with Gasteiger partial charge >= 0.3 is 0 Å². The van der Waals surface area contributed by atoms with Crippen molar-refractivity contribution >= 4 is 39.8 Å². The second-order valence-corrected chi connectivity index (χ2v) is 7.57. The Bertz CT molecular complexity index is 1100. The van der Waals surface area contributed by atoms with Crippen LogP contribution in [0.3, 0.4) is 0 Å². The number of H-pyrrole nitrogens is 1. The zero-order valence-electron chi connectivity index (χ0n) is 16.2. The molecule has 2 N–H and O–H groups in total. The van der Waals surface area contributed by atoms with Gasteiger partial charge in [-0.15, -0.1) is 0 Å².